The lowest BCUT2D eigenvalue weighted by molar-refractivity contribution is -0.118. The van der Waals surface area contributed by atoms with Crippen LogP contribution < -0.4 is 15.8 Å². The number of rotatable bonds is 5. The number of hydrogen-bond donors (Lipinski definition) is 2. The number of amides is 2. The zero-order valence-corrected chi connectivity index (χ0v) is 13.7. The minimum atomic E-state index is -0.694. The number of primary amides is 1. The molecule has 0 saturated heterocycles. The molecule has 24 heavy (non-hydrogen) atoms. The zero-order valence-electron chi connectivity index (χ0n) is 12.2. The van der Waals surface area contributed by atoms with Gasteiger partial charge in [0.1, 0.15) is 11.8 Å². The maximum absolute atomic E-state index is 11.9. The Labute approximate surface area is 147 Å². The van der Waals surface area contributed by atoms with Crippen molar-refractivity contribution in [3.8, 4) is 11.8 Å². The van der Waals surface area contributed by atoms with E-state index in [1.165, 1.54) is 36.4 Å². The van der Waals surface area contributed by atoms with Crippen molar-refractivity contribution >= 4 is 40.7 Å². The molecule has 0 saturated carbocycles. The number of carbonyl (C=O) groups is 2. The maximum atomic E-state index is 11.9. The van der Waals surface area contributed by atoms with Gasteiger partial charge < -0.3 is 15.8 Å². The number of anilines is 1. The van der Waals surface area contributed by atoms with Crippen LogP contribution in [0.2, 0.25) is 10.0 Å². The Balaban J connectivity index is 2.04. The second-order valence-electron chi connectivity index (χ2n) is 4.65. The van der Waals surface area contributed by atoms with Crippen LogP contribution in [0, 0.1) is 11.3 Å². The van der Waals surface area contributed by atoms with Crippen LogP contribution in [0.3, 0.4) is 0 Å². The minimum Gasteiger partial charge on any atom is -0.483 e. The van der Waals surface area contributed by atoms with Crippen molar-refractivity contribution in [2.24, 2.45) is 5.73 Å². The molecule has 122 valence electrons. The van der Waals surface area contributed by atoms with Crippen LogP contribution in [0.25, 0.3) is 0 Å². The lowest BCUT2D eigenvalue weighted by atomic mass is 10.2. The predicted molar refractivity (Wildman–Crippen MR) is 90.3 cm³/mol. The van der Waals surface area contributed by atoms with Gasteiger partial charge in [0, 0.05) is 10.7 Å². The standard InChI is InChI=1S/C16H11Cl2N3O3/c17-10-2-4-12(16(20)23)14(5-10)24-8-15(22)21-11-3-1-9(7-19)13(18)6-11/h1-6H,8H2,(H2,20,23)(H,21,22). The van der Waals surface area contributed by atoms with Crippen molar-refractivity contribution in [1.82, 2.24) is 0 Å². The van der Waals surface area contributed by atoms with E-state index in [0.29, 0.717) is 16.3 Å². The fraction of sp³-hybridized carbons (Fsp3) is 0.0625. The number of halogens is 2. The number of nitrogens with one attached hydrogen (secondary N) is 1. The van der Waals surface area contributed by atoms with Crippen molar-refractivity contribution < 1.29 is 14.3 Å². The fourth-order valence-corrected chi connectivity index (χ4v) is 2.23. The van der Waals surface area contributed by atoms with Gasteiger partial charge in [-0.25, -0.2) is 0 Å². The highest BCUT2D eigenvalue weighted by molar-refractivity contribution is 6.32. The van der Waals surface area contributed by atoms with Crippen molar-refractivity contribution in [1.29, 1.82) is 5.26 Å². The van der Waals surface area contributed by atoms with Crippen LogP contribution in [-0.2, 0) is 4.79 Å². The molecular formula is C16H11Cl2N3O3. The first kappa shape index (κ1) is 17.6. The number of benzene rings is 2. The van der Waals surface area contributed by atoms with Gasteiger partial charge in [-0.05, 0) is 36.4 Å². The third-order valence-electron chi connectivity index (χ3n) is 2.94. The summed E-state index contributed by atoms with van der Waals surface area (Å²) in [5, 5.41) is 11.9. The smallest absolute Gasteiger partial charge is 0.262 e. The summed E-state index contributed by atoms with van der Waals surface area (Å²) in [6.07, 6.45) is 0. The molecule has 0 atom stereocenters. The predicted octanol–water partition coefficient (Wildman–Crippen LogP) is 2.98. The molecule has 6 nitrogen and oxygen atoms in total. The second kappa shape index (κ2) is 7.68. The number of nitriles is 1. The summed E-state index contributed by atoms with van der Waals surface area (Å²) in [7, 11) is 0. The van der Waals surface area contributed by atoms with E-state index < -0.39 is 11.8 Å². The van der Waals surface area contributed by atoms with Crippen LogP contribution in [0.15, 0.2) is 36.4 Å². The molecule has 0 aliphatic carbocycles. The summed E-state index contributed by atoms with van der Waals surface area (Å²) in [6.45, 7) is -0.363. The Morgan fingerprint density at radius 2 is 1.96 bits per heavy atom. The fourth-order valence-electron chi connectivity index (χ4n) is 1.84. The Morgan fingerprint density at radius 3 is 2.58 bits per heavy atom. The van der Waals surface area contributed by atoms with Crippen molar-refractivity contribution in [3.05, 3.63) is 57.6 Å². The van der Waals surface area contributed by atoms with Gasteiger partial charge in [-0.15, -0.1) is 0 Å². The summed E-state index contributed by atoms with van der Waals surface area (Å²) in [6, 6.07) is 10.7. The van der Waals surface area contributed by atoms with E-state index in [-0.39, 0.29) is 22.9 Å². The highest BCUT2D eigenvalue weighted by Gasteiger charge is 2.12. The first-order chi connectivity index (χ1) is 11.4. The maximum Gasteiger partial charge on any atom is 0.262 e. The van der Waals surface area contributed by atoms with Gasteiger partial charge >= 0.3 is 0 Å². The summed E-state index contributed by atoms with van der Waals surface area (Å²) >= 11 is 11.7. The van der Waals surface area contributed by atoms with Crippen LogP contribution in [0.1, 0.15) is 15.9 Å². The van der Waals surface area contributed by atoms with Gasteiger partial charge in [-0.2, -0.15) is 5.26 Å². The largest absolute Gasteiger partial charge is 0.483 e. The average Bonchev–Trinajstić information content (AvgIpc) is 2.53. The second-order valence-corrected chi connectivity index (χ2v) is 5.49. The lowest BCUT2D eigenvalue weighted by Gasteiger charge is -2.10. The Bertz CT molecular complexity index is 847. The number of nitrogens with two attached hydrogens (primary N) is 1. The summed E-state index contributed by atoms with van der Waals surface area (Å²) in [4.78, 5) is 23.2. The van der Waals surface area contributed by atoms with Crippen molar-refractivity contribution in [3.63, 3.8) is 0 Å². The molecule has 0 aliphatic rings. The normalized spacial score (nSPS) is 9.88. The molecule has 8 heteroatoms. The molecule has 2 aromatic rings. The average molecular weight is 364 g/mol. The zero-order chi connectivity index (χ0) is 17.7. The van der Waals surface area contributed by atoms with E-state index in [0.717, 1.165) is 0 Å². The number of ether oxygens (including phenoxy) is 1. The number of nitrogens with zero attached hydrogens (tertiary/aromatic N) is 1. The lowest BCUT2D eigenvalue weighted by Crippen LogP contribution is -2.21. The monoisotopic (exact) mass is 363 g/mol. The van der Waals surface area contributed by atoms with E-state index in [4.69, 9.17) is 38.9 Å². The Morgan fingerprint density at radius 1 is 1.21 bits per heavy atom. The molecule has 0 spiro atoms. The molecule has 0 fully saturated rings. The molecule has 0 radical (unpaired) electrons. The van der Waals surface area contributed by atoms with Crippen LogP contribution in [-0.4, -0.2) is 18.4 Å². The van der Waals surface area contributed by atoms with E-state index in [1.54, 1.807) is 0 Å². The van der Waals surface area contributed by atoms with Crippen molar-refractivity contribution in [2.45, 2.75) is 0 Å². The first-order valence-electron chi connectivity index (χ1n) is 6.62. The van der Waals surface area contributed by atoms with Gasteiger partial charge in [0.25, 0.3) is 11.8 Å². The highest BCUT2D eigenvalue weighted by atomic mass is 35.5. The summed E-state index contributed by atoms with van der Waals surface area (Å²) in [5.41, 5.74) is 6.07. The van der Waals surface area contributed by atoms with Gasteiger partial charge in [0.05, 0.1) is 16.1 Å². The summed E-state index contributed by atoms with van der Waals surface area (Å²) < 4.78 is 5.31. The van der Waals surface area contributed by atoms with Gasteiger partial charge in [0.2, 0.25) is 0 Å². The van der Waals surface area contributed by atoms with E-state index >= 15 is 0 Å². The molecule has 2 aromatic carbocycles. The van der Waals surface area contributed by atoms with Crippen molar-refractivity contribution in [2.75, 3.05) is 11.9 Å². The van der Waals surface area contributed by atoms with Gasteiger partial charge in [-0.1, -0.05) is 23.2 Å². The Hall–Kier alpha value is -2.75. The molecule has 0 unspecified atom stereocenters. The minimum absolute atomic E-state index is 0.114. The first-order valence-corrected chi connectivity index (χ1v) is 7.38. The molecule has 0 heterocycles. The Kier molecular flexibility index (Phi) is 5.64. The van der Waals surface area contributed by atoms with Gasteiger partial charge in [-0.3, -0.25) is 9.59 Å². The number of carbonyl (C=O) groups excluding carboxylic acids is 2. The molecule has 0 bridgehead atoms. The molecule has 2 rings (SSSR count). The molecule has 3 N–H and O–H groups in total. The van der Waals surface area contributed by atoms with E-state index in [9.17, 15) is 9.59 Å². The molecular weight excluding hydrogens is 353 g/mol. The van der Waals surface area contributed by atoms with Crippen LogP contribution >= 0.6 is 23.2 Å². The topological polar surface area (TPSA) is 105 Å². The number of hydrogen-bond acceptors (Lipinski definition) is 4. The SMILES string of the molecule is N#Cc1ccc(NC(=O)COc2cc(Cl)ccc2C(N)=O)cc1Cl. The highest BCUT2D eigenvalue weighted by Crippen LogP contribution is 2.23. The third kappa shape index (κ3) is 4.38. The molecule has 0 aromatic heterocycles. The quantitative estimate of drug-likeness (QED) is 0.851. The van der Waals surface area contributed by atoms with E-state index in [2.05, 4.69) is 5.32 Å². The van der Waals surface area contributed by atoms with Gasteiger partial charge in [0.15, 0.2) is 6.61 Å². The molecule has 0 aliphatic heterocycles. The third-order valence-corrected chi connectivity index (χ3v) is 3.49. The summed E-state index contributed by atoms with van der Waals surface area (Å²) in [5.74, 6) is -1.06. The molecule has 2 amide bonds. The van der Waals surface area contributed by atoms with E-state index in [1.807, 2.05) is 6.07 Å². The van der Waals surface area contributed by atoms with Crippen LogP contribution in [0.4, 0.5) is 5.69 Å². The van der Waals surface area contributed by atoms with Crippen LogP contribution in [0.5, 0.6) is 5.75 Å².